The van der Waals surface area contributed by atoms with Gasteiger partial charge in [0.25, 0.3) is 5.95 Å². The Morgan fingerprint density at radius 2 is 2.54 bits per heavy atom. The first-order chi connectivity index (χ1) is 6.36. The highest BCUT2D eigenvalue weighted by Gasteiger charge is 2.17. The van der Waals surface area contributed by atoms with Gasteiger partial charge in [-0.25, -0.2) is 4.98 Å². The highest BCUT2D eigenvalue weighted by molar-refractivity contribution is 5.18. The maximum Gasteiger partial charge on any atom is 0.255 e. The molecule has 0 aliphatic carbocycles. The first kappa shape index (κ1) is 8.44. The van der Waals surface area contributed by atoms with Gasteiger partial charge < -0.3 is 10.1 Å². The lowest BCUT2D eigenvalue weighted by Crippen LogP contribution is -2.20. The van der Waals surface area contributed by atoms with E-state index in [4.69, 9.17) is 4.74 Å². The Balaban J connectivity index is 2.04. The van der Waals surface area contributed by atoms with Crippen molar-refractivity contribution < 1.29 is 9.13 Å². The van der Waals surface area contributed by atoms with E-state index in [1.54, 1.807) is 12.1 Å². The first-order valence-corrected chi connectivity index (χ1v) is 4.34. The van der Waals surface area contributed by atoms with Crippen LogP contribution >= 0.6 is 0 Å². The van der Waals surface area contributed by atoms with E-state index in [1.807, 2.05) is 0 Å². The van der Waals surface area contributed by atoms with Crippen LogP contribution in [-0.2, 0) is 0 Å². The maximum absolute atomic E-state index is 13.0. The summed E-state index contributed by atoms with van der Waals surface area (Å²) in [5.41, 5.74) is 0. The van der Waals surface area contributed by atoms with Gasteiger partial charge in [-0.15, -0.1) is 0 Å². The molecule has 1 aliphatic heterocycles. The number of nitrogens with zero attached hydrogens (tertiary/aromatic N) is 1. The van der Waals surface area contributed by atoms with Crippen molar-refractivity contribution in [2.45, 2.75) is 12.5 Å². The zero-order valence-corrected chi connectivity index (χ0v) is 7.16. The molecule has 4 heteroatoms. The van der Waals surface area contributed by atoms with Crippen molar-refractivity contribution in [3.05, 3.63) is 24.3 Å². The molecule has 1 aromatic heterocycles. The molecule has 1 saturated heterocycles. The third kappa shape index (κ3) is 1.95. The van der Waals surface area contributed by atoms with E-state index in [-0.39, 0.29) is 11.9 Å². The van der Waals surface area contributed by atoms with Gasteiger partial charge in [0.2, 0.25) is 0 Å². The number of pyridine rings is 1. The lowest BCUT2D eigenvalue weighted by atomic mass is 10.3. The Morgan fingerprint density at radius 3 is 3.23 bits per heavy atom. The SMILES string of the molecule is Fc1ncccc1OC1CCNC1. The van der Waals surface area contributed by atoms with Crippen LogP contribution in [0.5, 0.6) is 5.75 Å². The summed E-state index contributed by atoms with van der Waals surface area (Å²) in [5, 5.41) is 3.14. The molecule has 13 heavy (non-hydrogen) atoms. The van der Waals surface area contributed by atoms with Gasteiger partial charge in [-0.2, -0.15) is 4.39 Å². The average molecular weight is 182 g/mol. The van der Waals surface area contributed by atoms with Crippen molar-refractivity contribution in [3.8, 4) is 5.75 Å². The minimum absolute atomic E-state index is 0.0821. The van der Waals surface area contributed by atoms with E-state index in [9.17, 15) is 4.39 Å². The molecular formula is C9H11FN2O. The molecule has 0 aromatic carbocycles. The van der Waals surface area contributed by atoms with Gasteiger partial charge in [-0.05, 0) is 25.1 Å². The third-order valence-electron chi connectivity index (χ3n) is 2.03. The summed E-state index contributed by atoms with van der Waals surface area (Å²) in [7, 11) is 0. The van der Waals surface area contributed by atoms with E-state index in [2.05, 4.69) is 10.3 Å². The predicted molar refractivity (Wildman–Crippen MR) is 46.1 cm³/mol. The van der Waals surface area contributed by atoms with Crippen molar-refractivity contribution in [2.24, 2.45) is 0 Å². The fraction of sp³-hybridized carbons (Fsp3) is 0.444. The quantitative estimate of drug-likeness (QED) is 0.692. The highest BCUT2D eigenvalue weighted by Crippen LogP contribution is 2.16. The molecule has 2 rings (SSSR count). The standard InChI is InChI=1S/C9H11FN2O/c10-9-8(2-1-4-12-9)13-7-3-5-11-6-7/h1-2,4,7,11H,3,5-6H2. The van der Waals surface area contributed by atoms with Gasteiger partial charge in [-0.3, -0.25) is 0 Å². The lowest BCUT2D eigenvalue weighted by Gasteiger charge is -2.11. The number of hydrogen-bond acceptors (Lipinski definition) is 3. The van der Waals surface area contributed by atoms with Crippen LogP contribution < -0.4 is 10.1 Å². The summed E-state index contributed by atoms with van der Waals surface area (Å²) in [5.74, 6) is -0.286. The van der Waals surface area contributed by atoms with Crippen LogP contribution in [0.1, 0.15) is 6.42 Å². The third-order valence-corrected chi connectivity index (χ3v) is 2.03. The molecule has 0 amide bonds. The largest absolute Gasteiger partial charge is 0.484 e. The van der Waals surface area contributed by atoms with E-state index >= 15 is 0 Å². The van der Waals surface area contributed by atoms with E-state index in [0.717, 1.165) is 19.5 Å². The molecule has 1 atom stereocenters. The monoisotopic (exact) mass is 182 g/mol. The molecule has 1 N–H and O–H groups in total. The topological polar surface area (TPSA) is 34.1 Å². The molecule has 1 aliphatic rings. The zero-order chi connectivity index (χ0) is 9.10. The van der Waals surface area contributed by atoms with Crippen LogP contribution in [0.4, 0.5) is 4.39 Å². The summed E-state index contributed by atoms with van der Waals surface area (Å²) >= 11 is 0. The molecule has 0 radical (unpaired) electrons. The number of nitrogens with one attached hydrogen (secondary N) is 1. The summed E-state index contributed by atoms with van der Waals surface area (Å²) in [6.45, 7) is 1.72. The van der Waals surface area contributed by atoms with Crippen molar-refractivity contribution >= 4 is 0 Å². The van der Waals surface area contributed by atoms with Gasteiger partial charge in [0.15, 0.2) is 5.75 Å². The fourth-order valence-electron chi connectivity index (χ4n) is 1.37. The van der Waals surface area contributed by atoms with Gasteiger partial charge in [0.1, 0.15) is 6.10 Å². The molecule has 0 bridgehead atoms. The molecule has 0 saturated carbocycles. The second-order valence-corrected chi connectivity index (χ2v) is 3.03. The van der Waals surface area contributed by atoms with Crippen molar-refractivity contribution in [1.82, 2.24) is 10.3 Å². The van der Waals surface area contributed by atoms with Gasteiger partial charge in [-0.1, -0.05) is 0 Å². The Morgan fingerprint density at radius 1 is 1.62 bits per heavy atom. The average Bonchev–Trinajstić information content (AvgIpc) is 2.61. The fourth-order valence-corrected chi connectivity index (χ4v) is 1.37. The molecule has 1 aromatic rings. The van der Waals surface area contributed by atoms with E-state index in [1.165, 1.54) is 6.20 Å². The smallest absolute Gasteiger partial charge is 0.255 e. The van der Waals surface area contributed by atoms with Gasteiger partial charge in [0, 0.05) is 12.7 Å². The zero-order valence-electron chi connectivity index (χ0n) is 7.16. The Labute approximate surface area is 75.9 Å². The number of ether oxygens (including phenoxy) is 1. The second kappa shape index (κ2) is 3.70. The number of rotatable bonds is 2. The van der Waals surface area contributed by atoms with Crippen LogP contribution in [0.3, 0.4) is 0 Å². The molecule has 70 valence electrons. The molecule has 0 spiro atoms. The minimum atomic E-state index is -0.533. The minimum Gasteiger partial charge on any atom is -0.484 e. The van der Waals surface area contributed by atoms with Crippen LogP contribution in [0.25, 0.3) is 0 Å². The number of aromatic nitrogens is 1. The summed E-state index contributed by atoms with van der Waals surface area (Å²) < 4.78 is 18.4. The van der Waals surface area contributed by atoms with Crippen molar-refractivity contribution in [3.63, 3.8) is 0 Å². The van der Waals surface area contributed by atoms with Crippen LogP contribution in [0, 0.1) is 5.95 Å². The van der Waals surface area contributed by atoms with E-state index in [0.29, 0.717) is 0 Å². The van der Waals surface area contributed by atoms with Crippen LogP contribution in [-0.4, -0.2) is 24.2 Å². The Bertz CT molecular complexity index is 287. The maximum atomic E-state index is 13.0. The number of halogens is 1. The Hall–Kier alpha value is -1.16. The number of hydrogen-bond donors (Lipinski definition) is 1. The van der Waals surface area contributed by atoms with Crippen LogP contribution in [0.15, 0.2) is 18.3 Å². The second-order valence-electron chi connectivity index (χ2n) is 3.03. The van der Waals surface area contributed by atoms with E-state index < -0.39 is 5.95 Å². The summed E-state index contributed by atoms with van der Waals surface area (Å²) in [4.78, 5) is 3.51. The molecule has 1 unspecified atom stereocenters. The van der Waals surface area contributed by atoms with Crippen LogP contribution in [0.2, 0.25) is 0 Å². The van der Waals surface area contributed by atoms with Gasteiger partial charge >= 0.3 is 0 Å². The van der Waals surface area contributed by atoms with Gasteiger partial charge in [0.05, 0.1) is 0 Å². The first-order valence-electron chi connectivity index (χ1n) is 4.34. The normalized spacial score (nSPS) is 21.8. The summed E-state index contributed by atoms with van der Waals surface area (Å²) in [6, 6.07) is 3.27. The lowest BCUT2D eigenvalue weighted by molar-refractivity contribution is 0.210. The molecular weight excluding hydrogens is 171 g/mol. The molecule has 3 nitrogen and oxygen atoms in total. The van der Waals surface area contributed by atoms with Crippen molar-refractivity contribution in [2.75, 3.05) is 13.1 Å². The predicted octanol–water partition coefficient (Wildman–Crippen LogP) is 0.961. The highest BCUT2D eigenvalue weighted by atomic mass is 19.1. The Kier molecular flexibility index (Phi) is 2.40. The molecule has 1 fully saturated rings. The summed E-state index contributed by atoms with van der Waals surface area (Å²) in [6.07, 6.45) is 2.42. The van der Waals surface area contributed by atoms with Crippen molar-refractivity contribution in [1.29, 1.82) is 0 Å². The molecule has 2 heterocycles.